The summed E-state index contributed by atoms with van der Waals surface area (Å²) in [6.07, 6.45) is 8.85. The van der Waals surface area contributed by atoms with Crippen molar-refractivity contribution in [2.75, 3.05) is 6.54 Å². The summed E-state index contributed by atoms with van der Waals surface area (Å²) in [5, 5.41) is 3.71. The Hall–Kier alpha value is -0.410. The van der Waals surface area contributed by atoms with Gasteiger partial charge in [0.2, 0.25) is 0 Å². The first kappa shape index (κ1) is 15.0. The standard InChI is InChI=1S/C16H28N2S/c1-4-18-16(9-15-10-17-11-19-15)14-7-5-13(6-8-14)12(2)3/h10-14,16,18H,4-9H2,1-3H3. The van der Waals surface area contributed by atoms with Gasteiger partial charge in [-0.25, -0.2) is 0 Å². The molecule has 2 nitrogen and oxygen atoms in total. The van der Waals surface area contributed by atoms with E-state index in [9.17, 15) is 0 Å². The predicted molar refractivity (Wildman–Crippen MR) is 83.6 cm³/mol. The Kier molecular flexibility index (Phi) is 5.83. The van der Waals surface area contributed by atoms with Crippen molar-refractivity contribution in [2.24, 2.45) is 17.8 Å². The second-order valence-electron chi connectivity index (χ2n) is 6.25. The lowest BCUT2D eigenvalue weighted by Crippen LogP contribution is -2.40. The maximum atomic E-state index is 4.21. The molecule has 0 radical (unpaired) electrons. The lowest BCUT2D eigenvalue weighted by molar-refractivity contribution is 0.189. The maximum Gasteiger partial charge on any atom is 0.0794 e. The third-order valence-electron chi connectivity index (χ3n) is 4.70. The van der Waals surface area contributed by atoms with E-state index in [1.165, 1.54) is 30.6 Å². The average Bonchev–Trinajstić information content (AvgIpc) is 2.91. The molecule has 1 N–H and O–H groups in total. The molecule has 19 heavy (non-hydrogen) atoms. The van der Waals surface area contributed by atoms with E-state index in [-0.39, 0.29) is 0 Å². The number of thiazole rings is 1. The summed E-state index contributed by atoms with van der Waals surface area (Å²) in [6, 6.07) is 0.651. The molecule has 0 aliphatic heterocycles. The molecule has 0 amide bonds. The molecule has 2 rings (SSSR count). The van der Waals surface area contributed by atoms with Gasteiger partial charge < -0.3 is 5.32 Å². The predicted octanol–water partition coefficient (Wildman–Crippen LogP) is 4.13. The van der Waals surface area contributed by atoms with Crippen LogP contribution in [0.5, 0.6) is 0 Å². The Labute approximate surface area is 122 Å². The van der Waals surface area contributed by atoms with Gasteiger partial charge in [0, 0.05) is 17.1 Å². The van der Waals surface area contributed by atoms with Crippen LogP contribution in [0, 0.1) is 17.8 Å². The highest BCUT2D eigenvalue weighted by atomic mass is 32.1. The summed E-state index contributed by atoms with van der Waals surface area (Å²) in [7, 11) is 0. The van der Waals surface area contributed by atoms with Gasteiger partial charge in [0.15, 0.2) is 0 Å². The summed E-state index contributed by atoms with van der Waals surface area (Å²) in [5.74, 6) is 2.68. The van der Waals surface area contributed by atoms with Gasteiger partial charge >= 0.3 is 0 Å². The quantitative estimate of drug-likeness (QED) is 0.847. The molecular weight excluding hydrogens is 252 g/mol. The zero-order valence-corrected chi connectivity index (χ0v) is 13.4. The molecule has 1 aliphatic rings. The average molecular weight is 280 g/mol. The number of likely N-dealkylation sites (N-methyl/N-ethyl adjacent to an activating group) is 1. The monoisotopic (exact) mass is 280 g/mol. The lowest BCUT2D eigenvalue weighted by atomic mass is 9.74. The van der Waals surface area contributed by atoms with Crippen LogP contribution in [0.1, 0.15) is 51.3 Å². The Balaban J connectivity index is 1.89. The molecular formula is C16H28N2S. The van der Waals surface area contributed by atoms with Crippen LogP contribution in [-0.2, 0) is 6.42 Å². The SMILES string of the molecule is CCNC(Cc1cncs1)C1CCC(C(C)C)CC1. The minimum Gasteiger partial charge on any atom is -0.314 e. The number of hydrogen-bond donors (Lipinski definition) is 1. The minimum atomic E-state index is 0.651. The highest BCUT2D eigenvalue weighted by Crippen LogP contribution is 2.35. The van der Waals surface area contributed by atoms with E-state index in [0.29, 0.717) is 6.04 Å². The van der Waals surface area contributed by atoms with Crippen LogP contribution in [0.3, 0.4) is 0 Å². The maximum absolute atomic E-state index is 4.21. The van der Waals surface area contributed by atoms with Gasteiger partial charge in [0.05, 0.1) is 5.51 Å². The molecule has 3 heteroatoms. The third kappa shape index (κ3) is 4.28. The van der Waals surface area contributed by atoms with Crippen molar-refractivity contribution in [1.82, 2.24) is 10.3 Å². The molecule has 1 saturated carbocycles. The highest BCUT2D eigenvalue weighted by molar-refractivity contribution is 7.09. The smallest absolute Gasteiger partial charge is 0.0794 e. The molecule has 1 fully saturated rings. The van der Waals surface area contributed by atoms with Crippen molar-refractivity contribution in [1.29, 1.82) is 0 Å². The zero-order chi connectivity index (χ0) is 13.7. The molecule has 0 bridgehead atoms. The van der Waals surface area contributed by atoms with E-state index in [1.807, 2.05) is 11.7 Å². The van der Waals surface area contributed by atoms with Crippen LogP contribution in [0.15, 0.2) is 11.7 Å². The zero-order valence-electron chi connectivity index (χ0n) is 12.6. The van der Waals surface area contributed by atoms with Gasteiger partial charge in [0.1, 0.15) is 0 Å². The first-order chi connectivity index (χ1) is 9.20. The fourth-order valence-corrected chi connectivity index (χ4v) is 4.10. The Morgan fingerprint density at radius 2 is 1.95 bits per heavy atom. The van der Waals surface area contributed by atoms with Crippen molar-refractivity contribution in [3.8, 4) is 0 Å². The van der Waals surface area contributed by atoms with Gasteiger partial charge in [-0.2, -0.15) is 0 Å². The largest absolute Gasteiger partial charge is 0.314 e. The van der Waals surface area contributed by atoms with Crippen LogP contribution < -0.4 is 5.32 Å². The topological polar surface area (TPSA) is 24.9 Å². The van der Waals surface area contributed by atoms with Gasteiger partial charge in [0.25, 0.3) is 0 Å². The Bertz CT molecular complexity index is 340. The second-order valence-corrected chi connectivity index (χ2v) is 7.23. The normalized spacial score (nSPS) is 25.7. The molecule has 1 aliphatic carbocycles. The van der Waals surface area contributed by atoms with Crippen LogP contribution in [0.25, 0.3) is 0 Å². The van der Waals surface area contributed by atoms with Gasteiger partial charge in [-0.15, -0.1) is 11.3 Å². The first-order valence-corrected chi connectivity index (χ1v) is 8.69. The fourth-order valence-electron chi connectivity index (χ4n) is 3.44. The number of aromatic nitrogens is 1. The number of rotatable bonds is 6. The van der Waals surface area contributed by atoms with E-state index in [4.69, 9.17) is 0 Å². The van der Waals surface area contributed by atoms with E-state index in [1.54, 1.807) is 11.3 Å². The molecule has 1 aromatic rings. The molecule has 1 aromatic heterocycles. The Morgan fingerprint density at radius 1 is 1.26 bits per heavy atom. The van der Waals surface area contributed by atoms with E-state index in [0.717, 1.165) is 30.7 Å². The molecule has 108 valence electrons. The van der Waals surface area contributed by atoms with Crippen LogP contribution in [0.4, 0.5) is 0 Å². The van der Waals surface area contributed by atoms with E-state index < -0.39 is 0 Å². The summed E-state index contributed by atoms with van der Waals surface area (Å²) in [5.41, 5.74) is 1.95. The van der Waals surface area contributed by atoms with Crippen LogP contribution in [0.2, 0.25) is 0 Å². The van der Waals surface area contributed by atoms with E-state index >= 15 is 0 Å². The van der Waals surface area contributed by atoms with Crippen molar-refractivity contribution in [3.05, 3.63) is 16.6 Å². The first-order valence-electron chi connectivity index (χ1n) is 7.81. The second kappa shape index (κ2) is 7.39. The van der Waals surface area contributed by atoms with Crippen molar-refractivity contribution < 1.29 is 0 Å². The summed E-state index contributed by atoms with van der Waals surface area (Å²) in [4.78, 5) is 5.63. The molecule has 1 unspecified atom stereocenters. The van der Waals surface area contributed by atoms with Gasteiger partial charge in [-0.1, -0.05) is 20.8 Å². The lowest BCUT2D eigenvalue weighted by Gasteiger charge is -2.35. The van der Waals surface area contributed by atoms with Gasteiger partial charge in [-0.05, 0) is 56.4 Å². The molecule has 0 spiro atoms. The third-order valence-corrected chi connectivity index (χ3v) is 5.50. The van der Waals surface area contributed by atoms with E-state index in [2.05, 4.69) is 31.1 Å². The number of nitrogens with zero attached hydrogens (tertiary/aromatic N) is 1. The highest BCUT2D eigenvalue weighted by Gasteiger charge is 2.28. The van der Waals surface area contributed by atoms with Crippen molar-refractivity contribution >= 4 is 11.3 Å². The van der Waals surface area contributed by atoms with Crippen LogP contribution in [-0.4, -0.2) is 17.6 Å². The Morgan fingerprint density at radius 3 is 2.47 bits per heavy atom. The molecule has 0 saturated heterocycles. The summed E-state index contributed by atoms with van der Waals surface area (Å²) >= 11 is 1.80. The van der Waals surface area contributed by atoms with Crippen LogP contribution >= 0.6 is 11.3 Å². The molecule has 0 aromatic carbocycles. The summed E-state index contributed by atoms with van der Waals surface area (Å²) in [6.45, 7) is 8.06. The summed E-state index contributed by atoms with van der Waals surface area (Å²) < 4.78 is 0. The molecule has 1 heterocycles. The molecule has 1 atom stereocenters. The van der Waals surface area contributed by atoms with Gasteiger partial charge in [-0.3, -0.25) is 4.98 Å². The minimum absolute atomic E-state index is 0.651. The number of nitrogens with one attached hydrogen (secondary N) is 1. The van der Waals surface area contributed by atoms with Crippen molar-refractivity contribution in [2.45, 2.75) is 58.9 Å². The fraction of sp³-hybridized carbons (Fsp3) is 0.812. The number of hydrogen-bond acceptors (Lipinski definition) is 3. The van der Waals surface area contributed by atoms with Crippen molar-refractivity contribution in [3.63, 3.8) is 0 Å².